The molecule has 1 nitrogen and oxygen atoms in total. The zero-order valence-corrected chi connectivity index (χ0v) is 21.9. The Hall–Kier alpha value is -0.920. The van der Waals surface area contributed by atoms with E-state index in [0.717, 1.165) is 36.2 Å². The van der Waals surface area contributed by atoms with Crippen LogP contribution in [0.4, 0.5) is 0 Å². The fourth-order valence-corrected chi connectivity index (χ4v) is 7.44. The maximum atomic E-state index is 5.34. The number of hydrogen-bond acceptors (Lipinski definition) is 1. The van der Waals surface area contributed by atoms with Gasteiger partial charge >= 0.3 is 0 Å². The molecule has 1 aliphatic heterocycles. The first-order valence-corrected chi connectivity index (χ1v) is 12.9. The van der Waals surface area contributed by atoms with E-state index in [1.807, 2.05) is 0 Å². The van der Waals surface area contributed by atoms with Crippen LogP contribution in [0.5, 0.6) is 0 Å². The molecule has 4 rings (SSSR count). The summed E-state index contributed by atoms with van der Waals surface area (Å²) in [5, 5.41) is 0. The summed E-state index contributed by atoms with van der Waals surface area (Å²) in [5.74, 6) is 5.06. The Morgan fingerprint density at radius 3 is 1.94 bits per heavy atom. The summed E-state index contributed by atoms with van der Waals surface area (Å²) in [5.41, 5.74) is 1.52. The molecule has 3 saturated carbocycles. The van der Waals surface area contributed by atoms with Crippen LogP contribution in [0.1, 0.15) is 120 Å². The van der Waals surface area contributed by atoms with Crippen LogP contribution in [0.3, 0.4) is 0 Å². The smallest absolute Gasteiger partial charge is 0.0627 e. The quantitative estimate of drug-likeness (QED) is 0.366. The molecule has 186 valence electrons. The Labute approximate surface area is 203 Å². The average molecular weight is 445 g/mol. The Balaban J connectivity index is 0.000000676. The molecule has 0 aromatic heterocycles. The van der Waals surface area contributed by atoms with E-state index in [1.165, 1.54) is 64.2 Å². The summed E-state index contributed by atoms with van der Waals surface area (Å²) in [6.07, 6.45) is 30.5. The second-order valence-electron chi connectivity index (χ2n) is 12.0. The Morgan fingerprint density at radius 2 is 1.47 bits per heavy atom. The molecular formula is C31H56O. The molecular weight excluding hydrogens is 388 g/mol. The first-order valence-electron chi connectivity index (χ1n) is 12.9. The zero-order valence-electron chi connectivity index (χ0n) is 21.9. The SMILES string of the molecule is C.C#C.C#C.CC1(C)CCCO1.CC[C@@]1(C)CCC2C(CCC3C[C@H](C)CC[C@@]32C)C1C. The maximum absolute atomic E-state index is 5.34. The van der Waals surface area contributed by atoms with Crippen molar-refractivity contribution in [2.75, 3.05) is 6.61 Å². The van der Waals surface area contributed by atoms with E-state index in [0.29, 0.717) is 10.8 Å². The van der Waals surface area contributed by atoms with Gasteiger partial charge in [0.2, 0.25) is 0 Å². The molecule has 0 spiro atoms. The van der Waals surface area contributed by atoms with Crippen LogP contribution in [-0.4, -0.2) is 12.2 Å². The van der Waals surface area contributed by atoms with Crippen LogP contribution in [0.15, 0.2) is 0 Å². The van der Waals surface area contributed by atoms with Crippen LogP contribution in [0.25, 0.3) is 0 Å². The van der Waals surface area contributed by atoms with Crippen molar-refractivity contribution in [2.24, 2.45) is 40.4 Å². The van der Waals surface area contributed by atoms with E-state index in [4.69, 9.17) is 4.74 Å². The first kappa shape index (κ1) is 31.1. The molecule has 1 saturated heterocycles. The van der Waals surface area contributed by atoms with Crippen molar-refractivity contribution in [1.82, 2.24) is 0 Å². The number of rotatable bonds is 1. The zero-order chi connectivity index (χ0) is 23.9. The van der Waals surface area contributed by atoms with Gasteiger partial charge in [0.05, 0.1) is 5.60 Å². The third-order valence-corrected chi connectivity index (χ3v) is 10.00. The first-order chi connectivity index (χ1) is 14.6. The second kappa shape index (κ2) is 13.1. The average Bonchev–Trinajstić information content (AvgIpc) is 3.18. The summed E-state index contributed by atoms with van der Waals surface area (Å²) < 4.78 is 5.34. The normalized spacial score (nSPS) is 41.3. The van der Waals surface area contributed by atoms with E-state index in [9.17, 15) is 0 Å². The predicted octanol–water partition coefficient (Wildman–Crippen LogP) is 9.01. The van der Waals surface area contributed by atoms with Crippen molar-refractivity contribution >= 4 is 0 Å². The van der Waals surface area contributed by atoms with Gasteiger partial charge < -0.3 is 4.74 Å². The van der Waals surface area contributed by atoms with E-state index in [2.05, 4.69) is 74.2 Å². The van der Waals surface area contributed by atoms with Gasteiger partial charge in [0, 0.05) is 6.61 Å². The highest BCUT2D eigenvalue weighted by Gasteiger charge is 2.55. The highest BCUT2D eigenvalue weighted by Crippen LogP contribution is 2.63. The molecule has 3 aliphatic carbocycles. The minimum absolute atomic E-state index is 0. The van der Waals surface area contributed by atoms with Crippen LogP contribution < -0.4 is 0 Å². The Bertz CT molecular complexity index is 557. The van der Waals surface area contributed by atoms with Crippen molar-refractivity contribution in [2.45, 2.75) is 126 Å². The van der Waals surface area contributed by atoms with Crippen LogP contribution in [-0.2, 0) is 4.74 Å². The standard InChI is InChI=1S/C20H36.C6H12O.2C2H2.CH4/c1-6-19(4)11-10-18-17(15(19)3)8-7-16-13-14(2)9-12-20(16,18)5;1-6(2)4-3-5-7-6;2*1-2;/h14-18H,6-13H2,1-5H3;3-5H2,1-2H3;2*1-2H;1H4/t14-,15?,16?,17?,18?,19+,20+;;;;/m1..../s1. The lowest BCUT2D eigenvalue weighted by atomic mass is 9.44. The lowest BCUT2D eigenvalue weighted by Crippen LogP contribution is -2.52. The molecule has 0 amide bonds. The fraction of sp³-hybridized carbons (Fsp3) is 0.871. The molecule has 4 fully saturated rings. The molecule has 7 atom stereocenters. The monoisotopic (exact) mass is 444 g/mol. The van der Waals surface area contributed by atoms with Gasteiger partial charge in [0.15, 0.2) is 0 Å². The van der Waals surface area contributed by atoms with Crippen LogP contribution in [0.2, 0.25) is 0 Å². The molecule has 32 heavy (non-hydrogen) atoms. The molecule has 4 unspecified atom stereocenters. The largest absolute Gasteiger partial charge is 0.376 e. The fourth-order valence-electron chi connectivity index (χ4n) is 7.44. The molecule has 1 heteroatoms. The highest BCUT2D eigenvalue weighted by molar-refractivity contribution is 5.04. The van der Waals surface area contributed by atoms with Crippen molar-refractivity contribution in [3.8, 4) is 25.7 Å². The maximum Gasteiger partial charge on any atom is 0.0627 e. The number of fused-ring (bicyclic) bond motifs is 3. The van der Waals surface area contributed by atoms with Gasteiger partial charge in [0.1, 0.15) is 0 Å². The molecule has 0 aromatic rings. The van der Waals surface area contributed by atoms with E-state index < -0.39 is 0 Å². The van der Waals surface area contributed by atoms with Crippen molar-refractivity contribution in [1.29, 1.82) is 0 Å². The van der Waals surface area contributed by atoms with Crippen molar-refractivity contribution < 1.29 is 4.74 Å². The number of ether oxygens (including phenoxy) is 1. The van der Waals surface area contributed by atoms with Gasteiger partial charge in [-0.25, -0.2) is 0 Å². The third-order valence-electron chi connectivity index (χ3n) is 10.00. The lowest BCUT2D eigenvalue weighted by Gasteiger charge is -2.61. The number of terminal acetylenes is 2. The Morgan fingerprint density at radius 1 is 0.844 bits per heavy atom. The summed E-state index contributed by atoms with van der Waals surface area (Å²) in [7, 11) is 0. The molecule has 1 heterocycles. The molecule has 0 radical (unpaired) electrons. The minimum Gasteiger partial charge on any atom is -0.376 e. The van der Waals surface area contributed by atoms with E-state index >= 15 is 0 Å². The molecule has 0 bridgehead atoms. The highest BCUT2D eigenvalue weighted by atomic mass is 16.5. The lowest BCUT2D eigenvalue weighted by molar-refractivity contribution is -0.114. The van der Waals surface area contributed by atoms with Crippen LogP contribution in [0, 0.1) is 66.1 Å². The van der Waals surface area contributed by atoms with E-state index in [-0.39, 0.29) is 13.0 Å². The van der Waals surface area contributed by atoms with Gasteiger partial charge in [-0.3, -0.25) is 0 Å². The summed E-state index contributed by atoms with van der Waals surface area (Å²) >= 11 is 0. The number of hydrogen-bond donors (Lipinski definition) is 0. The molecule has 0 N–H and O–H groups in total. The summed E-state index contributed by atoms with van der Waals surface area (Å²) in [6, 6.07) is 0. The third kappa shape index (κ3) is 6.80. The topological polar surface area (TPSA) is 9.23 Å². The second-order valence-corrected chi connectivity index (χ2v) is 12.0. The van der Waals surface area contributed by atoms with Gasteiger partial charge in [-0.05, 0) is 106 Å². The van der Waals surface area contributed by atoms with Gasteiger partial charge in [0.25, 0.3) is 0 Å². The van der Waals surface area contributed by atoms with E-state index in [1.54, 1.807) is 0 Å². The van der Waals surface area contributed by atoms with Gasteiger partial charge in [-0.2, -0.15) is 0 Å². The summed E-state index contributed by atoms with van der Waals surface area (Å²) in [4.78, 5) is 0. The van der Waals surface area contributed by atoms with Crippen molar-refractivity contribution in [3.63, 3.8) is 0 Å². The van der Waals surface area contributed by atoms with Gasteiger partial charge in [-0.1, -0.05) is 54.9 Å². The Kier molecular flexibility index (Phi) is 12.7. The molecule has 4 aliphatic rings. The minimum atomic E-state index is 0. The van der Waals surface area contributed by atoms with Crippen LogP contribution >= 0.6 is 0 Å². The van der Waals surface area contributed by atoms with Crippen molar-refractivity contribution in [3.05, 3.63) is 0 Å². The summed E-state index contributed by atoms with van der Waals surface area (Å²) in [6.45, 7) is 18.0. The molecule has 0 aromatic carbocycles. The van der Waals surface area contributed by atoms with Gasteiger partial charge in [-0.15, -0.1) is 25.7 Å². The predicted molar refractivity (Wildman–Crippen MR) is 143 cm³/mol.